The maximum absolute atomic E-state index is 5.59. The Morgan fingerprint density at radius 1 is 0.526 bits per heavy atom. The van der Waals surface area contributed by atoms with Crippen molar-refractivity contribution in [2.24, 2.45) is 0 Å². The lowest BCUT2D eigenvalue weighted by molar-refractivity contribution is -0.546. The molecule has 0 aromatic carbocycles. The molecule has 2 spiro atoms. The van der Waals surface area contributed by atoms with Crippen molar-refractivity contribution in [2.45, 2.75) is 82.6 Å². The second-order valence-corrected chi connectivity index (χ2v) is 6.14. The molecule has 3 aliphatic rings. The van der Waals surface area contributed by atoms with Crippen LogP contribution in [0.2, 0.25) is 0 Å². The van der Waals surface area contributed by atoms with Crippen LogP contribution in [0, 0.1) is 0 Å². The lowest BCUT2D eigenvalue weighted by Crippen LogP contribution is -2.38. The summed E-state index contributed by atoms with van der Waals surface area (Å²) >= 11 is 0. The molecule has 3 fully saturated rings. The minimum Gasteiger partial charge on any atom is -0.195 e. The van der Waals surface area contributed by atoms with Crippen molar-refractivity contribution >= 4 is 0 Å². The van der Waals surface area contributed by atoms with Gasteiger partial charge in [-0.2, -0.15) is 29.3 Å². The highest BCUT2D eigenvalue weighted by molar-refractivity contribution is 4.78. The van der Waals surface area contributed by atoms with E-state index in [0.29, 0.717) is 0 Å². The lowest BCUT2D eigenvalue weighted by Gasteiger charge is -2.29. The van der Waals surface area contributed by atoms with Gasteiger partial charge in [-0.3, -0.25) is 0 Å². The van der Waals surface area contributed by atoms with Crippen LogP contribution in [0.4, 0.5) is 0 Å². The van der Waals surface area contributed by atoms with Crippen molar-refractivity contribution in [1.82, 2.24) is 0 Å². The first kappa shape index (κ1) is 13.7. The van der Waals surface area contributed by atoms with E-state index < -0.39 is 17.4 Å². The highest BCUT2D eigenvalue weighted by atomic mass is 17.4. The molecule has 1 heterocycles. The van der Waals surface area contributed by atoms with E-state index in [-0.39, 0.29) is 0 Å². The summed E-state index contributed by atoms with van der Waals surface area (Å²) in [7, 11) is 0. The van der Waals surface area contributed by atoms with E-state index in [9.17, 15) is 0 Å². The van der Waals surface area contributed by atoms with E-state index in [1.165, 1.54) is 0 Å². The average Bonchev–Trinajstić information content (AvgIpc) is 3.03. The molecule has 0 aromatic heterocycles. The summed E-state index contributed by atoms with van der Waals surface area (Å²) in [6.07, 6.45) is 7.12. The highest BCUT2D eigenvalue weighted by Gasteiger charge is 2.49. The predicted molar refractivity (Wildman–Crippen MR) is 63.0 cm³/mol. The van der Waals surface area contributed by atoms with Crippen LogP contribution in [-0.2, 0) is 29.3 Å². The zero-order chi connectivity index (χ0) is 13.4. The van der Waals surface area contributed by atoms with Crippen LogP contribution in [0.25, 0.3) is 0 Å². The summed E-state index contributed by atoms with van der Waals surface area (Å²) < 4.78 is 0. The van der Waals surface area contributed by atoms with Crippen molar-refractivity contribution in [2.75, 3.05) is 0 Å². The third-order valence-corrected chi connectivity index (χ3v) is 3.86. The van der Waals surface area contributed by atoms with Gasteiger partial charge in [0.1, 0.15) is 0 Å². The molecule has 6 nitrogen and oxygen atoms in total. The van der Waals surface area contributed by atoms with Gasteiger partial charge in [0.15, 0.2) is 0 Å². The minimum absolute atomic E-state index is 0.749. The van der Waals surface area contributed by atoms with Gasteiger partial charge in [0, 0.05) is 25.7 Å². The van der Waals surface area contributed by atoms with E-state index in [1.54, 1.807) is 13.8 Å². The van der Waals surface area contributed by atoms with Crippen molar-refractivity contribution in [3.8, 4) is 0 Å². The third-order valence-electron chi connectivity index (χ3n) is 3.86. The fraction of sp³-hybridized carbons (Fsp3) is 1.00. The second-order valence-electron chi connectivity index (χ2n) is 6.14. The maximum atomic E-state index is 5.59. The molecule has 0 bridgehead atoms. The van der Waals surface area contributed by atoms with Crippen molar-refractivity contribution in [1.29, 1.82) is 0 Å². The summed E-state index contributed by atoms with van der Waals surface area (Å²) in [4.78, 5) is 32.8. The molecule has 6 heteroatoms. The molecule has 3 rings (SSSR count). The van der Waals surface area contributed by atoms with Crippen molar-refractivity contribution in [3.63, 3.8) is 0 Å². The van der Waals surface area contributed by atoms with Gasteiger partial charge in [-0.05, 0) is 39.5 Å². The molecule has 0 unspecified atom stereocenters. The molecule has 0 aromatic rings. The summed E-state index contributed by atoms with van der Waals surface area (Å²) in [5.74, 6) is -2.66. The van der Waals surface area contributed by atoms with Gasteiger partial charge in [0.2, 0.25) is 17.4 Å². The zero-order valence-corrected chi connectivity index (χ0v) is 11.6. The smallest absolute Gasteiger partial charge is 0.195 e. The molecular formula is C13H22O6. The zero-order valence-electron chi connectivity index (χ0n) is 11.6. The predicted octanol–water partition coefficient (Wildman–Crippen LogP) is 3.12. The average molecular weight is 274 g/mol. The Kier molecular flexibility index (Phi) is 3.57. The maximum Gasteiger partial charge on any atom is 0.234 e. The van der Waals surface area contributed by atoms with Crippen LogP contribution in [0.3, 0.4) is 0 Å². The van der Waals surface area contributed by atoms with E-state index in [0.717, 1.165) is 51.4 Å². The number of hydrogen-bond acceptors (Lipinski definition) is 6. The summed E-state index contributed by atoms with van der Waals surface area (Å²) in [5.41, 5.74) is 0. The molecule has 2 saturated carbocycles. The topological polar surface area (TPSA) is 55.4 Å². The molecule has 1 saturated heterocycles. The molecular weight excluding hydrogens is 252 g/mol. The Morgan fingerprint density at radius 3 is 1.21 bits per heavy atom. The Bertz CT molecular complexity index is 287. The van der Waals surface area contributed by atoms with Gasteiger partial charge < -0.3 is 0 Å². The van der Waals surface area contributed by atoms with Crippen LogP contribution in [0.15, 0.2) is 0 Å². The molecule has 0 radical (unpaired) electrons. The van der Waals surface area contributed by atoms with Gasteiger partial charge >= 0.3 is 0 Å². The number of hydrogen-bond donors (Lipinski definition) is 0. The summed E-state index contributed by atoms with van der Waals surface area (Å²) in [6.45, 7) is 3.48. The Labute approximate surface area is 113 Å². The van der Waals surface area contributed by atoms with Crippen LogP contribution < -0.4 is 0 Å². The molecule has 2 aliphatic carbocycles. The largest absolute Gasteiger partial charge is 0.234 e. The monoisotopic (exact) mass is 274 g/mol. The first-order valence-corrected chi connectivity index (χ1v) is 7.14. The van der Waals surface area contributed by atoms with Gasteiger partial charge in [0.05, 0.1) is 0 Å². The van der Waals surface area contributed by atoms with E-state index in [1.807, 2.05) is 0 Å². The van der Waals surface area contributed by atoms with E-state index >= 15 is 0 Å². The fourth-order valence-corrected chi connectivity index (χ4v) is 2.71. The highest BCUT2D eigenvalue weighted by Crippen LogP contribution is 2.42. The van der Waals surface area contributed by atoms with Crippen LogP contribution in [0.1, 0.15) is 65.2 Å². The second kappa shape index (κ2) is 4.95. The quantitative estimate of drug-likeness (QED) is 0.633. The third kappa shape index (κ3) is 2.94. The van der Waals surface area contributed by atoms with E-state index in [4.69, 9.17) is 29.3 Å². The number of rotatable bonds is 0. The minimum atomic E-state index is -0.998. The van der Waals surface area contributed by atoms with Gasteiger partial charge in [-0.25, -0.2) is 0 Å². The Morgan fingerprint density at radius 2 is 0.842 bits per heavy atom. The Balaban J connectivity index is 1.78. The summed E-state index contributed by atoms with van der Waals surface area (Å²) in [6, 6.07) is 0. The van der Waals surface area contributed by atoms with Gasteiger partial charge in [-0.1, -0.05) is 0 Å². The molecule has 1 aliphatic heterocycles. The van der Waals surface area contributed by atoms with Crippen molar-refractivity contribution in [3.05, 3.63) is 0 Å². The molecule has 19 heavy (non-hydrogen) atoms. The normalized spacial score (nSPS) is 33.2. The van der Waals surface area contributed by atoms with Crippen LogP contribution >= 0.6 is 0 Å². The van der Waals surface area contributed by atoms with Gasteiger partial charge in [0.25, 0.3) is 0 Å². The molecule has 0 N–H and O–H groups in total. The molecule has 0 amide bonds. The first-order chi connectivity index (χ1) is 9.04. The lowest BCUT2D eigenvalue weighted by atomic mass is 10.2. The van der Waals surface area contributed by atoms with Crippen LogP contribution in [0.5, 0.6) is 0 Å². The Hall–Kier alpha value is -0.240. The SMILES string of the molecule is CC1(C)OOC2(CCCC2)OOC2(CCCC2)OO1. The molecule has 110 valence electrons. The molecule has 0 atom stereocenters. The van der Waals surface area contributed by atoms with Gasteiger partial charge in [-0.15, -0.1) is 0 Å². The first-order valence-electron chi connectivity index (χ1n) is 7.14. The van der Waals surface area contributed by atoms with Crippen LogP contribution in [-0.4, -0.2) is 17.4 Å². The fourth-order valence-electron chi connectivity index (χ4n) is 2.71. The standard InChI is InChI=1S/C13H22O6/c1-11(2)14-16-12(7-3-4-8-12)18-19-13(17-15-11)9-5-6-10-13/h3-10H2,1-2H3. The summed E-state index contributed by atoms with van der Waals surface area (Å²) in [5, 5.41) is 0. The van der Waals surface area contributed by atoms with E-state index in [2.05, 4.69) is 0 Å². The van der Waals surface area contributed by atoms with Crippen molar-refractivity contribution < 1.29 is 29.3 Å².